The van der Waals surface area contributed by atoms with Crippen molar-refractivity contribution in [3.63, 3.8) is 0 Å². The van der Waals surface area contributed by atoms with Gasteiger partial charge in [0.2, 0.25) is 5.91 Å². The van der Waals surface area contributed by atoms with E-state index in [-0.39, 0.29) is 12.5 Å². The number of nitrogens with one attached hydrogen (secondary N) is 1. The Morgan fingerprint density at radius 3 is 2.47 bits per heavy atom. The van der Waals surface area contributed by atoms with Crippen LogP contribution in [0, 0.1) is 5.92 Å². The lowest BCUT2D eigenvalue weighted by molar-refractivity contribution is -0.138. The Morgan fingerprint density at radius 1 is 1.32 bits per heavy atom. The number of carbonyl (C=O) groups is 2. The summed E-state index contributed by atoms with van der Waals surface area (Å²) in [6, 6.07) is 0.495. The third-order valence-electron chi connectivity index (χ3n) is 3.62. The molecule has 0 spiro atoms. The highest BCUT2D eigenvalue weighted by Gasteiger charge is 2.24. The lowest BCUT2D eigenvalue weighted by Gasteiger charge is -2.28. The number of amides is 1. The number of rotatable bonds is 8. The van der Waals surface area contributed by atoms with Crippen LogP contribution in [0.3, 0.4) is 0 Å². The Labute approximate surface area is 115 Å². The first kappa shape index (κ1) is 16.0. The van der Waals surface area contributed by atoms with E-state index < -0.39 is 5.97 Å². The predicted molar refractivity (Wildman–Crippen MR) is 73.9 cm³/mol. The topological polar surface area (TPSA) is 69.6 Å². The fraction of sp³-hybridized carbons (Fsp3) is 0.857. The zero-order valence-electron chi connectivity index (χ0n) is 12.0. The average Bonchev–Trinajstić information content (AvgIpc) is 2.85. The molecule has 1 amide bonds. The van der Waals surface area contributed by atoms with Gasteiger partial charge in [-0.15, -0.1) is 0 Å². The van der Waals surface area contributed by atoms with Crippen LogP contribution in [0.15, 0.2) is 0 Å². The van der Waals surface area contributed by atoms with Gasteiger partial charge in [0.25, 0.3) is 0 Å². The van der Waals surface area contributed by atoms with Crippen molar-refractivity contribution < 1.29 is 14.7 Å². The van der Waals surface area contributed by atoms with Gasteiger partial charge in [0.05, 0.1) is 6.54 Å². The molecule has 0 aromatic heterocycles. The zero-order chi connectivity index (χ0) is 14.3. The van der Waals surface area contributed by atoms with E-state index in [1.807, 2.05) is 0 Å². The molecule has 1 fully saturated rings. The Hall–Kier alpha value is -1.10. The van der Waals surface area contributed by atoms with E-state index in [1.54, 1.807) is 0 Å². The second kappa shape index (κ2) is 8.15. The number of carbonyl (C=O) groups excluding carboxylic acids is 1. The highest BCUT2D eigenvalue weighted by molar-refractivity contribution is 5.82. The summed E-state index contributed by atoms with van der Waals surface area (Å²) in [4.78, 5) is 24.4. The molecule has 1 saturated carbocycles. The van der Waals surface area contributed by atoms with Crippen molar-refractivity contribution in [2.45, 2.75) is 52.0 Å². The zero-order valence-corrected chi connectivity index (χ0v) is 12.0. The van der Waals surface area contributed by atoms with Crippen molar-refractivity contribution in [2.24, 2.45) is 5.92 Å². The molecule has 0 radical (unpaired) electrons. The highest BCUT2D eigenvalue weighted by Crippen LogP contribution is 2.23. The molecule has 1 aliphatic carbocycles. The fourth-order valence-corrected chi connectivity index (χ4v) is 2.50. The maximum atomic E-state index is 11.7. The molecule has 1 aliphatic rings. The molecule has 0 unspecified atom stereocenters. The van der Waals surface area contributed by atoms with Crippen LogP contribution < -0.4 is 5.32 Å². The average molecular weight is 270 g/mol. The van der Waals surface area contributed by atoms with E-state index >= 15 is 0 Å². The molecule has 0 atom stereocenters. The molecule has 0 bridgehead atoms. The third-order valence-corrected chi connectivity index (χ3v) is 3.62. The van der Waals surface area contributed by atoms with E-state index in [1.165, 1.54) is 12.8 Å². The van der Waals surface area contributed by atoms with E-state index in [2.05, 4.69) is 24.1 Å². The summed E-state index contributed by atoms with van der Waals surface area (Å²) in [5.74, 6) is -0.563. The van der Waals surface area contributed by atoms with Crippen LogP contribution in [0.5, 0.6) is 0 Å². The molecule has 19 heavy (non-hydrogen) atoms. The Kier molecular flexibility index (Phi) is 6.84. The van der Waals surface area contributed by atoms with Gasteiger partial charge in [0.15, 0.2) is 0 Å². The van der Waals surface area contributed by atoms with Crippen molar-refractivity contribution >= 4 is 11.9 Å². The minimum atomic E-state index is -0.997. The number of carboxylic acid groups (broad SMARTS) is 1. The summed E-state index contributed by atoms with van der Waals surface area (Å²) in [5.41, 5.74) is 0. The molecule has 0 heterocycles. The number of hydrogen-bond donors (Lipinski definition) is 2. The van der Waals surface area contributed by atoms with Crippen molar-refractivity contribution in [2.75, 3.05) is 19.6 Å². The molecule has 0 aromatic carbocycles. The third kappa shape index (κ3) is 6.57. The summed E-state index contributed by atoms with van der Waals surface area (Å²) in [5, 5.41) is 11.0. The molecule has 5 heteroatoms. The van der Waals surface area contributed by atoms with Crippen LogP contribution in [0.25, 0.3) is 0 Å². The summed E-state index contributed by atoms with van der Waals surface area (Å²) < 4.78 is 0. The normalized spacial score (nSPS) is 16.2. The second-order valence-corrected chi connectivity index (χ2v) is 5.76. The summed E-state index contributed by atoms with van der Waals surface area (Å²) in [7, 11) is 0. The van der Waals surface area contributed by atoms with Crippen molar-refractivity contribution in [3.05, 3.63) is 0 Å². The maximum absolute atomic E-state index is 11.7. The summed E-state index contributed by atoms with van der Waals surface area (Å²) >= 11 is 0. The predicted octanol–water partition coefficient (Wildman–Crippen LogP) is 1.48. The Morgan fingerprint density at radius 2 is 1.95 bits per heavy atom. The molecule has 5 nitrogen and oxygen atoms in total. The van der Waals surface area contributed by atoms with E-state index in [4.69, 9.17) is 5.11 Å². The van der Waals surface area contributed by atoms with Crippen molar-refractivity contribution in [3.8, 4) is 0 Å². The van der Waals surface area contributed by atoms with Gasteiger partial charge in [0, 0.05) is 6.04 Å². The van der Waals surface area contributed by atoms with Crippen LogP contribution >= 0.6 is 0 Å². The van der Waals surface area contributed by atoms with Gasteiger partial charge in [-0.05, 0) is 31.7 Å². The Bertz CT molecular complexity index is 299. The molecule has 1 rings (SSSR count). The van der Waals surface area contributed by atoms with Gasteiger partial charge in [0.1, 0.15) is 6.54 Å². The first-order valence-electron chi connectivity index (χ1n) is 7.21. The first-order chi connectivity index (χ1) is 8.99. The molecular weight excluding hydrogens is 244 g/mol. The maximum Gasteiger partial charge on any atom is 0.322 e. The molecule has 0 aliphatic heterocycles. The smallest absolute Gasteiger partial charge is 0.322 e. The highest BCUT2D eigenvalue weighted by atomic mass is 16.4. The molecule has 0 aromatic rings. The van der Waals surface area contributed by atoms with E-state index in [9.17, 15) is 9.59 Å². The quantitative estimate of drug-likeness (QED) is 0.701. The van der Waals surface area contributed by atoms with Crippen molar-refractivity contribution in [1.82, 2.24) is 10.2 Å². The largest absolute Gasteiger partial charge is 0.480 e. The number of nitrogens with zero attached hydrogens (tertiary/aromatic N) is 1. The Balaban J connectivity index is 2.43. The van der Waals surface area contributed by atoms with Gasteiger partial charge in [-0.1, -0.05) is 26.7 Å². The van der Waals surface area contributed by atoms with Crippen LogP contribution in [-0.4, -0.2) is 47.6 Å². The minimum Gasteiger partial charge on any atom is -0.480 e. The molecule has 110 valence electrons. The molecule has 2 N–H and O–H groups in total. The van der Waals surface area contributed by atoms with Gasteiger partial charge < -0.3 is 10.4 Å². The first-order valence-corrected chi connectivity index (χ1v) is 7.21. The van der Waals surface area contributed by atoms with Crippen molar-refractivity contribution in [1.29, 1.82) is 0 Å². The van der Waals surface area contributed by atoms with Gasteiger partial charge in [-0.25, -0.2) is 0 Å². The summed E-state index contributed by atoms with van der Waals surface area (Å²) in [6.45, 7) is 5.31. The summed E-state index contributed by atoms with van der Waals surface area (Å²) in [6.07, 6.45) is 5.86. The minimum absolute atomic E-state index is 0.182. The van der Waals surface area contributed by atoms with Crippen LogP contribution in [0.1, 0.15) is 46.0 Å². The standard InChI is InChI=1S/C14H26N2O3/c1-11(2)7-8-16(12-5-3-4-6-12)10-13(17)15-9-14(18)19/h11-12H,3-10H2,1-2H3,(H,15,17)(H,18,19). The monoisotopic (exact) mass is 270 g/mol. The lowest BCUT2D eigenvalue weighted by atomic mass is 10.1. The second-order valence-electron chi connectivity index (χ2n) is 5.76. The number of carboxylic acids is 1. The van der Waals surface area contributed by atoms with Gasteiger partial charge in [-0.2, -0.15) is 0 Å². The van der Waals surface area contributed by atoms with E-state index in [0.29, 0.717) is 18.5 Å². The van der Waals surface area contributed by atoms with Gasteiger partial charge in [-0.3, -0.25) is 14.5 Å². The number of hydrogen-bond acceptors (Lipinski definition) is 3. The van der Waals surface area contributed by atoms with Crippen LogP contribution in [-0.2, 0) is 9.59 Å². The molecular formula is C14H26N2O3. The van der Waals surface area contributed by atoms with E-state index in [0.717, 1.165) is 25.8 Å². The molecule has 0 saturated heterocycles. The van der Waals surface area contributed by atoms with Crippen LogP contribution in [0.4, 0.5) is 0 Å². The fourth-order valence-electron chi connectivity index (χ4n) is 2.50. The SMILES string of the molecule is CC(C)CCN(CC(=O)NCC(=O)O)C1CCCC1. The number of aliphatic carboxylic acids is 1. The van der Waals surface area contributed by atoms with Crippen LogP contribution in [0.2, 0.25) is 0 Å². The lowest BCUT2D eigenvalue weighted by Crippen LogP contribution is -2.43. The van der Waals surface area contributed by atoms with Gasteiger partial charge >= 0.3 is 5.97 Å².